The van der Waals surface area contributed by atoms with Crippen LogP contribution in [-0.2, 0) is 14.8 Å². The fraction of sp³-hybridized carbons (Fsp3) is 0.333. The van der Waals surface area contributed by atoms with Crippen LogP contribution in [0.1, 0.15) is 12.8 Å². The van der Waals surface area contributed by atoms with Crippen molar-refractivity contribution >= 4 is 42.6 Å². The highest BCUT2D eigenvalue weighted by molar-refractivity contribution is 7.89. The molecule has 1 unspecified atom stereocenters. The molecule has 11 heteroatoms. The van der Waals surface area contributed by atoms with Gasteiger partial charge in [0.1, 0.15) is 19.0 Å². The first-order chi connectivity index (χ1) is 15.4. The lowest BCUT2D eigenvalue weighted by molar-refractivity contribution is -0.120. The van der Waals surface area contributed by atoms with Gasteiger partial charge in [0.05, 0.1) is 21.0 Å². The lowest BCUT2D eigenvalue weighted by Crippen LogP contribution is -2.43. The van der Waals surface area contributed by atoms with Gasteiger partial charge < -0.3 is 14.8 Å². The maximum atomic E-state index is 13.2. The quantitative estimate of drug-likeness (QED) is 0.620. The normalized spacial score (nSPS) is 19.1. The second-order valence-electron chi connectivity index (χ2n) is 7.63. The monoisotopic (exact) mass is 477 g/mol. The fourth-order valence-corrected chi connectivity index (χ4v) is 6.26. The number of piperidine rings is 1. The number of amides is 1. The average molecular weight is 478 g/mol. The number of carbonyl (C=O) groups is 1. The second kappa shape index (κ2) is 8.30. The minimum absolute atomic E-state index is 0.0135. The number of anilines is 1. The number of rotatable bonds is 4. The summed E-state index contributed by atoms with van der Waals surface area (Å²) in [7, 11) is -3.80. The molecule has 8 nitrogen and oxygen atoms in total. The topological polar surface area (TPSA) is 97.8 Å². The Bertz CT molecular complexity index is 1230. The molecule has 3 heterocycles. The van der Waals surface area contributed by atoms with Crippen molar-refractivity contribution in [3.8, 4) is 11.5 Å². The third-order valence-corrected chi connectivity index (χ3v) is 8.30. The first kappa shape index (κ1) is 21.1. The van der Waals surface area contributed by atoms with Crippen LogP contribution < -0.4 is 14.8 Å². The number of sulfonamides is 1. The zero-order chi connectivity index (χ0) is 22.3. The third kappa shape index (κ3) is 4.03. The summed E-state index contributed by atoms with van der Waals surface area (Å²) in [6.07, 6.45) is 1.13. The van der Waals surface area contributed by atoms with Crippen LogP contribution in [0.15, 0.2) is 41.3 Å². The number of nitrogens with zero attached hydrogens (tertiary/aromatic N) is 2. The molecule has 0 bridgehead atoms. The van der Waals surface area contributed by atoms with Crippen molar-refractivity contribution in [2.75, 3.05) is 31.6 Å². The van der Waals surface area contributed by atoms with E-state index in [1.165, 1.54) is 27.8 Å². The first-order valence-corrected chi connectivity index (χ1v) is 12.4. The summed E-state index contributed by atoms with van der Waals surface area (Å²) in [6.45, 7) is 1.34. The molecule has 168 valence electrons. The molecule has 1 fully saturated rings. The molecule has 1 N–H and O–H groups in total. The highest BCUT2D eigenvalue weighted by Crippen LogP contribution is 2.38. The van der Waals surface area contributed by atoms with E-state index in [0.717, 1.165) is 16.8 Å². The lowest BCUT2D eigenvalue weighted by Gasteiger charge is -2.31. The number of carbonyl (C=O) groups excluding carboxylic acids is 1. The SMILES string of the molecule is O=C(Nc1nc2cc3c(cc2s1)OCCO3)C1CCCN(S(=O)(=O)c2ccc(F)cc2)C1. The van der Waals surface area contributed by atoms with Gasteiger partial charge in [-0.15, -0.1) is 0 Å². The molecule has 0 saturated carbocycles. The average Bonchev–Trinajstić information content (AvgIpc) is 3.18. The fourth-order valence-electron chi connectivity index (χ4n) is 3.86. The van der Waals surface area contributed by atoms with E-state index in [2.05, 4.69) is 10.3 Å². The number of aromatic nitrogens is 1. The van der Waals surface area contributed by atoms with E-state index in [4.69, 9.17) is 9.47 Å². The smallest absolute Gasteiger partial charge is 0.243 e. The number of hydrogen-bond acceptors (Lipinski definition) is 7. The molecule has 1 saturated heterocycles. The molecule has 2 aliphatic rings. The molecule has 1 amide bonds. The highest BCUT2D eigenvalue weighted by atomic mass is 32.2. The summed E-state index contributed by atoms with van der Waals surface area (Å²) >= 11 is 1.32. The van der Waals surface area contributed by atoms with E-state index in [1.807, 2.05) is 6.07 Å². The standard InChI is InChI=1S/C21H20FN3O5S2/c22-14-3-5-15(6-4-14)32(27,28)25-7-1-2-13(12-25)20(26)24-21-23-16-10-17-18(11-19(16)31-21)30-9-8-29-17/h3-6,10-11,13H,1-2,7-9,12H2,(H,23,24,26). The summed E-state index contributed by atoms with van der Waals surface area (Å²) in [6, 6.07) is 8.33. The van der Waals surface area contributed by atoms with Gasteiger partial charge in [0.15, 0.2) is 16.6 Å². The Morgan fingerprint density at radius 3 is 2.62 bits per heavy atom. The van der Waals surface area contributed by atoms with Gasteiger partial charge in [0.25, 0.3) is 0 Å². The van der Waals surface area contributed by atoms with Crippen LogP contribution in [0.25, 0.3) is 10.2 Å². The van der Waals surface area contributed by atoms with Crippen molar-refractivity contribution in [1.29, 1.82) is 0 Å². The first-order valence-electron chi connectivity index (χ1n) is 10.2. The van der Waals surface area contributed by atoms with E-state index in [-0.39, 0.29) is 17.3 Å². The van der Waals surface area contributed by atoms with Gasteiger partial charge in [0.2, 0.25) is 15.9 Å². The number of halogens is 1. The third-order valence-electron chi connectivity index (χ3n) is 5.49. The van der Waals surface area contributed by atoms with Crippen molar-refractivity contribution in [2.24, 2.45) is 5.92 Å². The van der Waals surface area contributed by atoms with Crippen molar-refractivity contribution < 1.29 is 27.1 Å². The van der Waals surface area contributed by atoms with Gasteiger partial charge in [-0.2, -0.15) is 4.31 Å². The van der Waals surface area contributed by atoms with Crippen molar-refractivity contribution in [3.05, 3.63) is 42.2 Å². The molecule has 0 spiro atoms. The van der Waals surface area contributed by atoms with Gasteiger partial charge in [-0.3, -0.25) is 4.79 Å². The predicted octanol–water partition coefficient (Wildman–Crippen LogP) is 3.25. The van der Waals surface area contributed by atoms with Crippen molar-refractivity contribution in [2.45, 2.75) is 17.7 Å². The van der Waals surface area contributed by atoms with Crippen LogP contribution in [0.5, 0.6) is 11.5 Å². The largest absolute Gasteiger partial charge is 0.486 e. The van der Waals surface area contributed by atoms with Gasteiger partial charge in [-0.1, -0.05) is 11.3 Å². The van der Waals surface area contributed by atoms with Crippen molar-refractivity contribution in [1.82, 2.24) is 9.29 Å². The molecule has 2 aromatic carbocycles. The van der Waals surface area contributed by atoms with E-state index < -0.39 is 21.8 Å². The number of ether oxygens (including phenoxy) is 2. The number of hydrogen-bond donors (Lipinski definition) is 1. The zero-order valence-corrected chi connectivity index (χ0v) is 18.5. The highest BCUT2D eigenvalue weighted by Gasteiger charge is 2.33. The van der Waals surface area contributed by atoms with Crippen LogP contribution in [0, 0.1) is 11.7 Å². The number of fused-ring (bicyclic) bond motifs is 2. The Labute approximate surface area is 188 Å². The Morgan fingerprint density at radius 1 is 1.16 bits per heavy atom. The summed E-state index contributed by atoms with van der Waals surface area (Å²) in [5.41, 5.74) is 0.693. The van der Waals surface area contributed by atoms with Gasteiger partial charge in [-0.25, -0.2) is 17.8 Å². The van der Waals surface area contributed by atoms with E-state index in [9.17, 15) is 17.6 Å². The predicted molar refractivity (Wildman–Crippen MR) is 117 cm³/mol. The van der Waals surface area contributed by atoms with E-state index in [1.54, 1.807) is 6.07 Å². The zero-order valence-electron chi connectivity index (χ0n) is 16.9. The molecule has 1 aromatic heterocycles. The molecule has 3 aromatic rings. The Hall–Kier alpha value is -2.76. The minimum atomic E-state index is -3.80. The minimum Gasteiger partial charge on any atom is -0.486 e. The summed E-state index contributed by atoms with van der Waals surface area (Å²) in [4.78, 5) is 17.4. The van der Waals surface area contributed by atoms with Crippen LogP contribution in [-0.4, -0.2) is 49.9 Å². The van der Waals surface area contributed by atoms with E-state index >= 15 is 0 Å². The molecular weight excluding hydrogens is 457 g/mol. The Balaban J connectivity index is 1.30. The molecule has 0 radical (unpaired) electrons. The molecule has 2 aliphatic heterocycles. The Morgan fingerprint density at radius 2 is 1.88 bits per heavy atom. The van der Waals surface area contributed by atoms with Crippen LogP contribution in [0.4, 0.5) is 9.52 Å². The Kier molecular flexibility index (Phi) is 5.48. The number of benzene rings is 2. The van der Waals surface area contributed by atoms with Crippen molar-refractivity contribution in [3.63, 3.8) is 0 Å². The number of thiazole rings is 1. The van der Waals surface area contributed by atoms with Gasteiger partial charge in [0, 0.05) is 25.2 Å². The second-order valence-corrected chi connectivity index (χ2v) is 10.6. The maximum Gasteiger partial charge on any atom is 0.243 e. The van der Waals surface area contributed by atoms with Crippen LogP contribution in [0.3, 0.4) is 0 Å². The van der Waals surface area contributed by atoms with E-state index in [0.29, 0.717) is 54.7 Å². The maximum absolute atomic E-state index is 13.2. The lowest BCUT2D eigenvalue weighted by atomic mass is 9.99. The summed E-state index contributed by atoms with van der Waals surface area (Å²) in [5.74, 6) is -0.0131. The molecule has 1 atom stereocenters. The summed E-state index contributed by atoms with van der Waals surface area (Å²) < 4.78 is 52.3. The molecule has 5 rings (SSSR count). The molecule has 32 heavy (non-hydrogen) atoms. The van der Waals surface area contributed by atoms with Crippen LogP contribution >= 0.6 is 11.3 Å². The molecular formula is C21H20FN3O5S2. The van der Waals surface area contributed by atoms with Crippen LogP contribution in [0.2, 0.25) is 0 Å². The number of nitrogens with one attached hydrogen (secondary N) is 1. The van der Waals surface area contributed by atoms with Gasteiger partial charge >= 0.3 is 0 Å². The molecule has 0 aliphatic carbocycles. The summed E-state index contributed by atoms with van der Waals surface area (Å²) in [5, 5.41) is 3.26. The van der Waals surface area contributed by atoms with Gasteiger partial charge in [-0.05, 0) is 37.1 Å².